The quantitative estimate of drug-likeness (QED) is 0.909. The molecule has 7 heteroatoms. The van der Waals surface area contributed by atoms with Gasteiger partial charge in [0.15, 0.2) is 0 Å². The third-order valence-corrected chi connectivity index (χ3v) is 5.17. The van der Waals surface area contributed by atoms with Gasteiger partial charge in [0.1, 0.15) is 5.82 Å². The Hall–Kier alpha value is -0.500. The minimum absolute atomic E-state index is 0.0307. The Labute approximate surface area is 120 Å². The fraction of sp³-hybridized carbons (Fsp3) is 0.500. The van der Waals surface area contributed by atoms with Gasteiger partial charge in [-0.3, -0.25) is 0 Å². The number of benzene rings is 1. The van der Waals surface area contributed by atoms with Crippen LogP contribution in [0.1, 0.15) is 19.8 Å². The van der Waals surface area contributed by atoms with E-state index in [9.17, 15) is 12.8 Å². The maximum atomic E-state index is 13.4. The third kappa shape index (κ3) is 3.75. The Bertz CT molecular complexity index is 564. The first kappa shape index (κ1) is 14.9. The van der Waals surface area contributed by atoms with Crippen molar-refractivity contribution >= 4 is 26.0 Å². The second kappa shape index (κ2) is 5.87. The lowest BCUT2D eigenvalue weighted by Crippen LogP contribution is -2.41. The zero-order chi connectivity index (χ0) is 14.0. The molecule has 0 bridgehead atoms. The average molecular weight is 352 g/mol. The van der Waals surface area contributed by atoms with Crippen molar-refractivity contribution in [1.82, 2.24) is 4.72 Å². The molecule has 0 amide bonds. The number of sulfonamides is 1. The SMILES string of the molecule is CC1CC(NS(=O)(=O)c2ccc(Br)c(F)c2)CCO1. The number of ether oxygens (including phenoxy) is 1. The van der Waals surface area contributed by atoms with Crippen molar-refractivity contribution in [3.05, 3.63) is 28.5 Å². The van der Waals surface area contributed by atoms with Gasteiger partial charge in [-0.1, -0.05) is 0 Å². The molecule has 19 heavy (non-hydrogen) atoms. The first-order valence-corrected chi connectivity index (χ1v) is 8.25. The van der Waals surface area contributed by atoms with Crippen LogP contribution in [0.15, 0.2) is 27.6 Å². The molecular weight excluding hydrogens is 337 g/mol. The molecule has 0 radical (unpaired) electrons. The second-order valence-electron chi connectivity index (χ2n) is 4.60. The van der Waals surface area contributed by atoms with E-state index in [1.165, 1.54) is 12.1 Å². The van der Waals surface area contributed by atoms with Crippen LogP contribution in [0.25, 0.3) is 0 Å². The van der Waals surface area contributed by atoms with Crippen LogP contribution in [-0.2, 0) is 14.8 Å². The Morgan fingerprint density at radius 3 is 2.84 bits per heavy atom. The van der Waals surface area contributed by atoms with E-state index in [2.05, 4.69) is 20.7 Å². The molecule has 1 heterocycles. The Morgan fingerprint density at radius 2 is 2.21 bits per heavy atom. The molecule has 1 saturated heterocycles. The topological polar surface area (TPSA) is 55.4 Å². The standard InChI is InChI=1S/C12H15BrFNO3S/c1-8-6-9(4-5-18-8)15-19(16,17)10-2-3-11(13)12(14)7-10/h2-3,7-9,15H,4-6H2,1H3. The van der Waals surface area contributed by atoms with E-state index >= 15 is 0 Å². The van der Waals surface area contributed by atoms with Gasteiger partial charge in [0.2, 0.25) is 10.0 Å². The van der Waals surface area contributed by atoms with Gasteiger partial charge in [-0.2, -0.15) is 0 Å². The van der Waals surface area contributed by atoms with Gasteiger partial charge in [0.05, 0.1) is 15.5 Å². The summed E-state index contributed by atoms with van der Waals surface area (Å²) in [5, 5.41) is 0. The fourth-order valence-electron chi connectivity index (χ4n) is 2.04. The van der Waals surface area contributed by atoms with Crippen molar-refractivity contribution < 1.29 is 17.5 Å². The van der Waals surface area contributed by atoms with Crippen LogP contribution in [0.3, 0.4) is 0 Å². The molecule has 0 saturated carbocycles. The molecule has 0 spiro atoms. The van der Waals surface area contributed by atoms with Crippen LogP contribution in [0.2, 0.25) is 0 Å². The van der Waals surface area contributed by atoms with Crippen LogP contribution < -0.4 is 4.72 Å². The molecule has 0 aliphatic carbocycles. The van der Waals surface area contributed by atoms with Crippen molar-refractivity contribution in [2.45, 2.75) is 36.8 Å². The molecular formula is C12H15BrFNO3S. The van der Waals surface area contributed by atoms with E-state index in [1.807, 2.05) is 6.92 Å². The predicted molar refractivity (Wildman–Crippen MR) is 72.9 cm³/mol. The van der Waals surface area contributed by atoms with Crippen molar-refractivity contribution in [2.75, 3.05) is 6.61 Å². The Kier molecular flexibility index (Phi) is 4.60. The lowest BCUT2D eigenvalue weighted by molar-refractivity contribution is 0.0173. The van der Waals surface area contributed by atoms with E-state index in [-0.39, 0.29) is 21.5 Å². The van der Waals surface area contributed by atoms with Crippen LogP contribution in [0.4, 0.5) is 4.39 Å². The van der Waals surface area contributed by atoms with Crippen LogP contribution in [0, 0.1) is 5.82 Å². The second-order valence-corrected chi connectivity index (χ2v) is 7.17. The number of hydrogen-bond acceptors (Lipinski definition) is 3. The normalized spacial score (nSPS) is 24.4. The summed E-state index contributed by atoms with van der Waals surface area (Å²) in [6.45, 7) is 2.43. The summed E-state index contributed by atoms with van der Waals surface area (Å²) in [6, 6.07) is 3.60. The first-order valence-electron chi connectivity index (χ1n) is 5.97. The number of nitrogens with one attached hydrogen (secondary N) is 1. The molecule has 106 valence electrons. The summed E-state index contributed by atoms with van der Waals surface area (Å²) in [4.78, 5) is -0.0626. The molecule has 2 unspecified atom stereocenters. The third-order valence-electron chi connectivity index (χ3n) is 3.01. The van der Waals surface area contributed by atoms with Gasteiger partial charge >= 0.3 is 0 Å². The summed E-state index contributed by atoms with van der Waals surface area (Å²) in [5.41, 5.74) is 0. The summed E-state index contributed by atoms with van der Waals surface area (Å²) < 4.78 is 45.9. The molecule has 1 aliphatic rings. The minimum atomic E-state index is -3.69. The Morgan fingerprint density at radius 1 is 1.47 bits per heavy atom. The van der Waals surface area contributed by atoms with Gasteiger partial charge in [-0.25, -0.2) is 17.5 Å². The molecule has 1 N–H and O–H groups in total. The lowest BCUT2D eigenvalue weighted by Gasteiger charge is -2.27. The van der Waals surface area contributed by atoms with Gasteiger partial charge in [-0.15, -0.1) is 0 Å². The van der Waals surface area contributed by atoms with Gasteiger partial charge in [0, 0.05) is 12.6 Å². The van der Waals surface area contributed by atoms with Crippen LogP contribution >= 0.6 is 15.9 Å². The van der Waals surface area contributed by atoms with Gasteiger partial charge in [-0.05, 0) is 53.9 Å². The van der Waals surface area contributed by atoms with E-state index in [4.69, 9.17) is 4.74 Å². The minimum Gasteiger partial charge on any atom is -0.378 e. The number of rotatable bonds is 3. The molecule has 1 aromatic rings. The van der Waals surface area contributed by atoms with Crippen LogP contribution in [-0.4, -0.2) is 27.2 Å². The van der Waals surface area contributed by atoms with E-state index < -0.39 is 15.8 Å². The molecule has 1 fully saturated rings. The highest BCUT2D eigenvalue weighted by molar-refractivity contribution is 9.10. The monoisotopic (exact) mass is 351 g/mol. The Balaban J connectivity index is 2.15. The largest absolute Gasteiger partial charge is 0.378 e. The molecule has 4 nitrogen and oxygen atoms in total. The molecule has 0 aromatic heterocycles. The maximum absolute atomic E-state index is 13.4. The number of halogens is 2. The van der Waals surface area contributed by atoms with Crippen molar-refractivity contribution in [3.63, 3.8) is 0 Å². The maximum Gasteiger partial charge on any atom is 0.240 e. The first-order chi connectivity index (χ1) is 8.88. The van der Waals surface area contributed by atoms with E-state index in [0.717, 1.165) is 6.07 Å². The highest BCUT2D eigenvalue weighted by Crippen LogP contribution is 2.21. The highest BCUT2D eigenvalue weighted by atomic mass is 79.9. The molecule has 2 rings (SSSR count). The lowest BCUT2D eigenvalue weighted by atomic mass is 10.1. The summed E-state index contributed by atoms with van der Waals surface area (Å²) in [7, 11) is -3.69. The number of hydrogen-bond donors (Lipinski definition) is 1. The fourth-order valence-corrected chi connectivity index (χ4v) is 3.58. The van der Waals surface area contributed by atoms with E-state index in [1.54, 1.807) is 0 Å². The zero-order valence-corrected chi connectivity index (χ0v) is 12.8. The van der Waals surface area contributed by atoms with Crippen molar-refractivity contribution in [1.29, 1.82) is 0 Å². The van der Waals surface area contributed by atoms with Gasteiger partial charge in [0.25, 0.3) is 0 Å². The van der Waals surface area contributed by atoms with E-state index in [0.29, 0.717) is 19.4 Å². The van der Waals surface area contributed by atoms with Crippen LogP contribution in [0.5, 0.6) is 0 Å². The zero-order valence-electron chi connectivity index (χ0n) is 10.4. The van der Waals surface area contributed by atoms with Gasteiger partial charge < -0.3 is 4.74 Å². The summed E-state index contributed by atoms with van der Waals surface area (Å²) >= 11 is 3.00. The summed E-state index contributed by atoms with van der Waals surface area (Å²) in [5.74, 6) is -0.594. The van der Waals surface area contributed by atoms with Crippen molar-refractivity contribution in [3.8, 4) is 0 Å². The molecule has 2 atom stereocenters. The summed E-state index contributed by atoms with van der Waals surface area (Å²) in [6.07, 6.45) is 1.28. The smallest absolute Gasteiger partial charge is 0.240 e. The predicted octanol–water partition coefficient (Wildman–Crippen LogP) is 2.43. The molecule has 1 aromatic carbocycles. The highest BCUT2D eigenvalue weighted by Gasteiger charge is 2.25. The van der Waals surface area contributed by atoms with Crippen molar-refractivity contribution in [2.24, 2.45) is 0 Å². The average Bonchev–Trinajstić information content (AvgIpc) is 2.32. The molecule has 1 aliphatic heterocycles.